The van der Waals surface area contributed by atoms with Crippen molar-refractivity contribution in [2.24, 2.45) is 22.5 Å². The number of carbonyl (C=O) groups is 1. The molecule has 2 atom stereocenters. The van der Waals surface area contributed by atoms with Crippen LogP contribution in [0.5, 0.6) is 0 Å². The Labute approximate surface area is 111 Å². The largest absolute Gasteiger partial charge is 0.352 e. The van der Waals surface area contributed by atoms with Crippen molar-refractivity contribution >= 4 is 5.91 Å². The Bertz CT molecular complexity index is 321. The van der Waals surface area contributed by atoms with Gasteiger partial charge >= 0.3 is 0 Å². The van der Waals surface area contributed by atoms with Gasteiger partial charge in [0.25, 0.3) is 0 Å². The third kappa shape index (κ3) is 2.18. The number of nitrogens with one attached hydrogen (secondary N) is 1. The Balaban J connectivity index is 1.96. The summed E-state index contributed by atoms with van der Waals surface area (Å²) in [7, 11) is 0. The molecule has 0 aliphatic heterocycles. The first-order valence-electron chi connectivity index (χ1n) is 7.34. The fraction of sp³-hybridized carbons (Fsp3) is 0.933. The number of nitrogens with two attached hydrogens (primary N) is 1. The van der Waals surface area contributed by atoms with E-state index in [0.29, 0.717) is 0 Å². The summed E-state index contributed by atoms with van der Waals surface area (Å²) in [5, 5.41) is 3.22. The van der Waals surface area contributed by atoms with Crippen molar-refractivity contribution in [3.05, 3.63) is 0 Å². The number of hydrogen-bond donors (Lipinski definition) is 2. The molecule has 1 amide bonds. The molecule has 3 heteroatoms. The Morgan fingerprint density at radius 3 is 2.17 bits per heavy atom. The molecule has 3 N–H and O–H groups in total. The summed E-state index contributed by atoms with van der Waals surface area (Å²) in [6, 6.07) is 0.327. The molecular formula is C15H28N2O. The van der Waals surface area contributed by atoms with Crippen LogP contribution >= 0.6 is 0 Å². The maximum absolute atomic E-state index is 12.4. The predicted molar refractivity (Wildman–Crippen MR) is 74.0 cm³/mol. The average molecular weight is 252 g/mol. The molecule has 0 radical (unpaired) electrons. The molecule has 2 aliphatic carbocycles. The maximum atomic E-state index is 12.4. The summed E-state index contributed by atoms with van der Waals surface area (Å²) in [6.45, 7) is 8.74. The Hall–Kier alpha value is -0.570. The molecule has 0 aromatic carbocycles. The van der Waals surface area contributed by atoms with Gasteiger partial charge in [-0.1, -0.05) is 47.0 Å². The minimum absolute atomic E-state index is 0.117. The zero-order chi connectivity index (χ0) is 13.6. The summed E-state index contributed by atoms with van der Waals surface area (Å²) >= 11 is 0. The van der Waals surface area contributed by atoms with E-state index in [2.05, 4.69) is 33.0 Å². The Morgan fingerprint density at radius 1 is 1.06 bits per heavy atom. The molecule has 2 saturated carbocycles. The molecule has 104 valence electrons. The lowest BCUT2D eigenvalue weighted by molar-refractivity contribution is -0.124. The molecule has 2 aliphatic rings. The quantitative estimate of drug-likeness (QED) is 0.742. The van der Waals surface area contributed by atoms with E-state index in [-0.39, 0.29) is 34.7 Å². The number of carbonyl (C=O) groups excluding carboxylic acids is 1. The van der Waals surface area contributed by atoms with Gasteiger partial charge in [0.15, 0.2) is 0 Å². The van der Waals surface area contributed by atoms with Crippen molar-refractivity contribution in [1.29, 1.82) is 0 Å². The highest BCUT2D eigenvalue weighted by Gasteiger charge is 2.68. The van der Waals surface area contributed by atoms with E-state index in [1.54, 1.807) is 0 Å². The van der Waals surface area contributed by atoms with Crippen LogP contribution < -0.4 is 11.1 Å². The summed E-state index contributed by atoms with van der Waals surface area (Å²) < 4.78 is 0. The molecule has 2 unspecified atom stereocenters. The molecule has 3 nitrogen and oxygen atoms in total. The van der Waals surface area contributed by atoms with E-state index < -0.39 is 0 Å². The molecule has 2 rings (SSSR count). The maximum Gasteiger partial charge on any atom is 0.224 e. The summed E-state index contributed by atoms with van der Waals surface area (Å²) in [4.78, 5) is 12.4. The van der Waals surface area contributed by atoms with Crippen LogP contribution in [0.3, 0.4) is 0 Å². The molecule has 0 aromatic rings. The minimum Gasteiger partial charge on any atom is -0.352 e. The van der Waals surface area contributed by atoms with Gasteiger partial charge < -0.3 is 11.1 Å². The highest BCUT2D eigenvalue weighted by Crippen LogP contribution is 2.68. The second-order valence-electron chi connectivity index (χ2n) is 7.29. The number of hydrogen-bond acceptors (Lipinski definition) is 2. The van der Waals surface area contributed by atoms with Crippen molar-refractivity contribution in [3.63, 3.8) is 0 Å². The first-order valence-corrected chi connectivity index (χ1v) is 7.34. The first kappa shape index (κ1) is 13.9. The minimum atomic E-state index is 0.117. The van der Waals surface area contributed by atoms with Crippen molar-refractivity contribution in [3.8, 4) is 0 Å². The SMILES string of the molecule is CC1(C)C(C(=O)NC2CCCCCC2N)C1(C)C. The van der Waals surface area contributed by atoms with Gasteiger partial charge in [0, 0.05) is 18.0 Å². The summed E-state index contributed by atoms with van der Waals surface area (Å²) in [5.74, 6) is 0.354. The van der Waals surface area contributed by atoms with E-state index >= 15 is 0 Å². The van der Waals surface area contributed by atoms with Crippen LogP contribution in [0.25, 0.3) is 0 Å². The van der Waals surface area contributed by atoms with Gasteiger partial charge in [0.2, 0.25) is 5.91 Å². The van der Waals surface area contributed by atoms with Gasteiger partial charge in [-0.25, -0.2) is 0 Å². The normalized spacial score (nSPS) is 34.7. The highest BCUT2D eigenvalue weighted by molar-refractivity contribution is 5.84. The zero-order valence-corrected chi connectivity index (χ0v) is 12.3. The first-order chi connectivity index (χ1) is 8.28. The standard InChI is InChI=1S/C15H28N2O/c1-14(2)12(15(14,3)4)13(18)17-11-9-7-5-6-8-10(11)16/h10-12H,5-9,16H2,1-4H3,(H,17,18). The number of rotatable bonds is 2. The number of amides is 1. The zero-order valence-electron chi connectivity index (χ0n) is 12.3. The van der Waals surface area contributed by atoms with Crippen molar-refractivity contribution in [2.75, 3.05) is 0 Å². The van der Waals surface area contributed by atoms with Gasteiger partial charge in [-0.2, -0.15) is 0 Å². The fourth-order valence-electron chi connectivity index (χ4n) is 3.63. The van der Waals surface area contributed by atoms with Crippen LogP contribution in [-0.4, -0.2) is 18.0 Å². The van der Waals surface area contributed by atoms with E-state index in [9.17, 15) is 4.79 Å². The van der Waals surface area contributed by atoms with Gasteiger partial charge in [-0.3, -0.25) is 4.79 Å². The second-order valence-corrected chi connectivity index (χ2v) is 7.29. The summed E-state index contributed by atoms with van der Waals surface area (Å²) in [5.41, 5.74) is 6.40. The molecule has 0 aromatic heterocycles. The van der Waals surface area contributed by atoms with Crippen molar-refractivity contribution in [1.82, 2.24) is 5.32 Å². The van der Waals surface area contributed by atoms with E-state index in [1.807, 2.05) is 0 Å². The van der Waals surface area contributed by atoms with Crippen LogP contribution in [0.1, 0.15) is 59.8 Å². The molecule has 0 bridgehead atoms. The lowest BCUT2D eigenvalue weighted by atomic mass is 10.0. The van der Waals surface area contributed by atoms with Gasteiger partial charge in [0.1, 0.15) is 0 Å². The topological polar surface area (TPSA) is 55.1 Å². The monoisotopic (exact) mass is 252 g/mol. The third-order valence-electron chi connectivity index (χ3n) is 5.68. The van der Waals surface area contributed by atoms with E-state index in [1.165, 1.54) is 19.3 Å². The fourth-order valence-corrected chi connectivity index (χ4v) is 3.63. The van der Waals surface area contributed by atoms with Crippen LogP contribution in [0, 0.1) is 16.7 Å². The highest BCUT2D eigenvalue weighted by atomic mass is 16.2. The lowest BCUT2D eigenvalue weighted by Gasteiger charge is -2.23. The van der Waals surface area contributed by atoms with Crippen LogP contribution in [0.2, 0.25) is 0 Å². The van der Waals surface area contributed by atoms with Crippen LogP contribution in [0.4, 0.5) is 0 Å². The van der Waals surface area contributed by atoms with Crippen LogP contribution in [-0.2, 0) is 4.79 Å². The molecule has 0 heterocycles. The Kier molecular flexibility index (Phi) is 3.48. The molecule has 0 spiro atoms. The Morgan fingerprint density at radius 2 is 1.61 bits per heavy atom. The van der Waals surface area contributed by atoms with E-state index in [4.69, 9.17) is 5.73 Å². The van der Waals surface area contributed by atoms with E-state index in [0.717, 1.165) is 12.8 Å². The second kappa shape index (κ2) is 4.52. The lowest BCUT2D eigenvalue weighted by Crippen LogP contribution is -2.48. The van der Waals surface area contributed by atoms with Gasteiger partial charge in [0.05, 0.1) is 0 Å². The molecule has 2 fully saturated rings. The predicted octanol–water partition coefficient (Wildman–Crippen LogP) is 2.44. The van der Waals surface area contributed by atoms with Crippen molar-refractivity contribution in [2.45, 2.75) is 71.9 Å². The van der Waals surface area contributed by atoms with Crippen LogP contribution in [0.15, 0.2) is 0 Å². The smallest absolute Gasteiger partial charge is 0.224 e. The third-order valence-corrected chi connectivity index (χ3v) is 5.68. The molecule has 0 saturated heterocycles. The summed E-state index contributed by atoms with van der Waals surface area (Å²) in [6.07, 6.45) is 5.73. The molecular weight excluding hydrogens is 224 g/mol. The van der Waals surface area contributed by atoms with Gasteiger partial charge in [-0.15, -0.1) is 0 Å². The molecule has 18 heavy (non-hydrogen) atoms. The van der Waals surface area contributed by atoms with Crippen molar-refractivity contribution < 1.29 is 4.79 Å². The van der Waals surface area contributed by atoms with Gasteiger partial charge in [-0.05, 0) is 23.7 Å². The average Bonchev–Trinajstić information content (AvgIpc) is 2.75.